The third-order valence-corrected chi connectivity index (χ3v) is 8.22. The molecular formula is C21H21N. The van der Waals surface area contributed by atoms with E-state index in [1.165, 1.54) is 18.5 Å². The maximum Gasteiger partial charge on any atom is 0.0391 e. The van der Waals surface area contributed by atoms with E-state index in [1.54, 1.807) is 27.8 Å². The first kappa shape index (κ1) is 11.1. The molecule has 8 unspecified atom stereocenters. The average Bonchev–Trinajstić information content (AvgIpc) is 3.14. The number of fused-ring (bicyclic) bond motifs is 16. The molecule has 1 nitrogen and oxygen atoms in total. The molecule has 7 rings (SSSR count). The molecule has 0 saturated heterocycles. The van der Waals surface area contributed by atoms with Gasteiger partial charge in [0.1, 0.15) is 0 Å². The van der Waals surface area contributed by atoms with E-state index in [9.17, 15) is 0 Å². The molecule has 1 aromatic carbocycles. The topological polar surface area (TPSA) is 26.0 Å². The van der Waals surface area contributed by atoms with Crippen molar-refractivity contribution in [2.75, 3.05) is 5.73 Å². The summed E-state index contributed by atoms with van der Waals surface area (Å²) in [5.74, 6) is 6.36. The monoisotopic (exact) mass is 287 g/mol. The molecule has 1 heteroatoms. The maximum atomic E-state index is 6.78. The van der Waals surface area contributed by atoms with Crippen LogP contribution < -0.4 is 5.73 Å². The molecule has 0 radical (unpaired) electrons. The lowest BCUT2D eigenvalue weighted by atomic mass is 9.53. The molecule has 0 spiro atoms. The van der Waals surface area contributed by atoms with Crippen LogP contribution in [0.1, 0.15) is 64.3 Å². The summed E-state index contributed by atoms with van der Waals surface area (Å²) in [6.45, 7) is 2.41. The lowest BCUT2D eigenvalue weighted by Crippen LogP contribution is -2.37. The Hall–Kier alpha value is -1.50. The van der Waals surface area contributed by atoms with E-state index in [1.807, 2.05) is 0 Å². The van der Waals surface area contributed by atoms with Gasteiger partial charge in [0, 0.05) is 5.69 Å². The van der Waals surface area contributed by atoms with Crippen molar-refractivity contribution >= 4 is 5.69 Å². The molecule has 2 saturated carbocycles. The molecule has 0 amide bonds. The van der Waals surface area contributed by atoms with Crippen LogP contribution in [0.5, 0.6) is 0 Å². The summed E-state index contributed by atoms with van der Waals surface area (Å²) in [6.07, 6.45) is 12.7. The Morgan fingerprint density at radius 2 is 1.05 bits per heavy atom. The van der Waals surface area contributed by atoms with Gasteiger partial charge >= 0.3 is 0 Å². The van der Waals surface area contributed by atoms with Crippen LogP contribution in [-0.2, 0) is 0 Å². The van der Waals surface area contributed by atoms with Gasteiger partial charge in [-0.1, -0.05) is 24.3 Å². The predicted molar refractivity (Wildman–Crippen MR) is 88.0 cm³/mol. The zero-order chi connectivity index (χ0) is 14.3. The molecule has 8 atom stereocenters. The molecule has 6 aliphatic rings. The van der Waals surface area contributed by atoms with Gasteiger partial charge in [0.2, 0.25) is 0 Å². The fraction of sp³-hybridized carbons (Fsp3) is 0.524. The second kappa shape index (κ2) is 3.09. The summed E-state index contributed by atoms with van der Waals surface area (Å²) in [5, 5.41) is 0. The normalized spacial score (nSPS) is 49.5. The Kier molecular flexibility index (Phi) is 1.56. The third-order valence-electron chi connectivity index (χ3n) is 8.22. The highest BCUT2D eigenvalue weighted by molar-refractivity contribution is 5.77. The SMILES string of the molecule is Cc1c2c(c(N)c3c1C1C4C=CC(C4)C31)C1C3C=CC(C3)C21. The Morgan fingerprint density at radius 1 is 0.682 bits per heavy atom. The van der Waals surface area contributed by atoms with Gasteiger partial charge in [0.15, 0.2) is 0 Å². The molecule has 110 valence electrons. The van der Waals surface area contributed by atoms with Crippen LogP contribution in [0.4, 0.5) is 5.69 Å². The molecule has 0 aromatic heterocycles. The summed E-state index contributed by atoms with van der Waals surface area (Å²) in [6, 6.07) is 0. The molecule has 1 aromatic rings. The maximum absolute atomic E-state index is 6.78. The van der Waals surface area contributed by atoms with Gasteiger partial charge in [0.25, 0.3) is 0 Å². The fourth-order valence-corrected chi connectivity index (χ4v) is 7.59. The Balaban J connectivity index is 1.50. The van der Waals surface area contributed by atoms with Crippen LogP contribution in [0.3, 0.4) is 0 Å². The number of hydrogen-bond acceptors (Lipinski definition) is 1. The van der Waals surface area contributed by atoms with Gasteiger partial charge < -0.3 is 5.73 Å². The second-order valence-corrected chi connectivity index (χ2v) is 8.69. The van der Waals surface area contributed by atoms with Crippen LogP contribution in [0.2, 0.25) is 0 Å². The summed E-state index contributed by atoms with van der Waals surface area (Å²) in [5.41, 5.74) is 16.2. The van der Waals surface area contributed by atoms with E-state index < -0.39 is 0 Å². The molecule has 0 aliphatic heterocycles. The van der Waals surface area contributed by atoms with Gasteiger partial charge in [-0.05, 0) is 94.9 Å². The number of rotatable bonds is 0. The number of anilines is 1. The average molecular weight is 287 g/mol. The van der Waals surface area contributed by atoms with Crippen molar-refractivity contribution in [2.24, 2.45) is 23.7 Å². The minimum atomic E-state index is 0.766. The standard InChI is InChI=1S/C21H21N/c1-8-13-15-9-2-4-11(6-9)17(15)19(13)21(22)20-14(8)16-10-3-5-12(7-10)18(16)20/h2-5,9-12,15-18H,6-7,22H2,1H3. The lowest BCUT2D eigenvalue weighted by molar-refractivity contribution is 0.411. The van der Waals surface area contributed by atoms with Crippen molar-refractivity contribution in [1.82, 2.24) is 0 Å². The summed E-state index contributed by atoms with van der Waals surface area (Å²) < 4.78 is 0. The molecular weight excluding hydrogens is 266 g/mol. The summed E-state index contributed by atoms with van der Waals surface area (Å²) in [7, 11) is 0. The molecule has 4 bridgehead atoms. The van der Waals surface area contributed by atoms with Crippen molar-refractivity contribution in [3.63, 3.8) is 0 Å². The summed E-state index contributed by atoms with van der Waals surface area (Å²) >= 11 is 0. The molecule has 2 fully saturated rings. The van der Waals surface area contributed by atoms with Gasteiger partial charge in [-0.3, -0.25) is 0 Å². The first-order chi connectivity index (χ1) is 10.8. The molecule has 2 N–H and O–H groups in total. The van der Waals surface area contributed by atoms with E-state index in [0.717, 1.165) is 47.3 Å². The predicted octanol–water partition coefficient (Wildman–Crippen LogP) is 4.35. The summed E-state index contributed by atoms with van der Waals surface area (Å²) in [4.78, 5) is 0. The van der Waals surface area contributed by atoms with Crippen molar-refractivity contribution < 1.29 is 0 Å². The third kappa shape index (κ3) is 0.874. The van der Waals surface area contributed by atoms with Crippen molar-refractivity contribution in [3.8, 4) is 0 Å². The zero-order valence-corrected chi connectivity index (χ0v) is 12.9. The highest BCUT2D eigenvalue weighted by Gasteiger charge is 2.60. The number of nitrogen functional groups attached to an aromatic ring is 1. The van der Waals surface area contributed by atoms with Crippen LogP contribution in [0, 0.1) is 30.6 Å². The first-order valence-electron chi connectivity index (χ1n) is 9.08. The largest absolute Gasteiger partial charge is 0.398 e. The minimum absolute atomic E-state index is 0.766. The van der Waals surface area contributed by atoms with Crippen molar-refractivity contribution in [2.45, 2.75) is 43.4 Å². The lowest BCUT2D eigenvalue weighted by Gasteiger charge is -2.50. The number of nitrogens with two attached hydrogens (primary N) is 1. The molecule has 22 heavy (non-hydrogen) atoms. The van der Waals surface area contributed by atoms with Crippen LogP contribution >= 0.6 is 0 Å². The van der Waals surface area contributed by atoms with E-state index in [-0.39, 0.29) is 0 Å². The minimum Gasteiger partial charge on any atom is -0.398 e. The van der Waals surface area contributed by atoms with Crippen LogP contribution in [0.25, 0.3) is 0 Å². The zero-order valence-electron chi connectivity index (χ0n) is 12.9. The first-order valence-corrected chi connectivity index (χ1v) is 9.08. The van der Waals surface area contributed by atoms with Crippen molar-refractivity contribution in [1.29, 1.82) is 0 Å². The second-order valence-electron chi connectivity index (χ2n) is 8.69. The quantitative estimate of drug-likeness (QED) is 0.557. The Morgan fingerprint density at radius 3 is 1.45 bits per heavy atom. The van der Waals surface area contributed by atoms with E-state index in [4.69, 9.17) is 5.73 Å². The number of hydrogen-bond donors (Lipinski definition) is 1. The highest BCUT2D eigenvalue weighted by Crippen LogP contribution is 2.73. The van der Waals surface area contributed by atoms with E-state index in [2.05, 4.69) is 31.2 Å². The number of benzene rings is 1. The van der Waals surface area contributed by atoms with Crippen LogP contribution in [0.15, 0.2) is 24.3 Å². The molecule has 6 aliphatic carbocycles. The smallest absolute Gasteiger partial charge is 0.0391 e. The highest BCUT2D eigenvalue weighted by atomic mass is 14.7. The fourth-order valence-electron chi connectivity index (χ4n) is 7.59. The van der Waals surface area contributed by atoms with Gasteiger partial charge in [-0.25, -0.2) is 0 Å². The van der Waals surface area contributed by atoms with Gasteiger partial charge in [-0.15, -0.1) is 0 Å². The number of allylic oxidation sites excluding steroid dienone is 4. The van der Waals surface area contributed by atoms with Gasteiger partial charge in [0.05, 0.1) is 0 Å². The van der Waals surface area contributed by atoms with Crippen LogP contribution in [-0.4, -0.2) is 0 Å². The van der Waals surface area contributed by atoms with Crippen molar-refractivity contribution in [3.05, 3.63) is 52.1 Å². The molecule has 0 heterocycles. The van der Waals surface area contributed by atoms with Gasteiger partial charge in [-0.2, -0.15) is 0 Å². The van der Waals surface area contributed by atoms with E-state index in [0.29, 0.717) is 0 Å². The Bertz CT molecular complexity index is 699. The Labute approximate surface area is 131 Å². The van der Waals surface area contributed by atoms with E-state index >= 15 is 0 Å².